The molecular formula is C14H18F3NO3S. The van der Waals surface area contributed by atoms with Crippen molar-refractivity contribution in [1.82, 2.24) is 4.90 Å². The summed E-state index contributed by atoms with van der Waals surface area (Å²) in [5.41, 5.74) is 2.05. The predicted molar refractivity (Wildman–Crippen MR) is 75.8 cm³/mol. The molecule has 0 aliphatic carbocycles. The molecule has 0 unspecified atom stereocenters. The van der Waals surface area contributed by atoms with Gasteiger partial charge >= 0.3 is 12.1 Å². The second kappa shape index (κ2) is 6.97. The van der Waals surface area contributed by atoms with Crippen LogP contribution in [0.2, 0.25) is 0 Å². The van der Waals surface area contributed by atoms with Gasteiger partial charge in [0.25, 0.3) is 0 Å². The molecule has 2 aliphatic rings. The van der Waals surface area contributed by atoms with Gasteiger partial charge in [-0.05, 0) is 48.3 Å². The van der Waals surface area contributed by atoms with E-state index in [1.165, 1.54) is 31.5 Å². The summed E-state index contributed by atoms with van der Waals surface area (Å²) in [6, 6.07) is 2.24. The lowest BCUT2D eigenvalue weighted by molar-refractivity contribution is -0.192. The predicted octanol–water partition coefficient (Wildman–Crippen LogP) is 2.99. The Balaban J connectivity index is 0.000000217. The molecule has 0 radical (unpaired) electrons. The number of aliphatic carboxylic acids is 1. The summed E-state index contributed by atoms with van der Waals surface area (Å²) in [5.74, 6) is -2.76. The molecule has 1 aromatic rings. The monoisotopic (exact) mass is 337 g/mol. The van der Waals surface area contributed by atoms with E-state index < -0.39 is 12.1 Å². The lowest BCUT2D eigenvalue weighted by Crippen LogP contribution is -2.50. The molecule has 0 amide bonds. The van der Waals surface area contributed by atoms with Crippen LogP contribution in [0.1, 0.15) is 18.4 Å². The standard InChI is InChI=1S/C12H17NOS.C2HF3O2/c1-6-15-8-11(1)7-13-4-2-12(3-5-13)9-14-10-12;3-2(4,5)1(6)7/h1,6,8H,2-5,7,9-10H2;(H,6,7). The van der Waals surface area contributed by atoms with E-state index in [1.54, 1.807) is 11.3 Å². The van der Waals surface area contributed by atoms with E-state index in [0.29, 0.717) is 5.41 Å². The Bertz CT molecular complexity index is 476. The Morgan fingerprint density at radius 2 is 1.95 bits per heavy atom. The van der Waals surface area contributed by atoms with Crippen LogP contribution in [0.25, 0.3) is 0 Å². The lowest BCUT2D eigenvalue weighted by atomic mass is 9.77. The summed E-state index contributed by atoms with van der Waals surface area (Å²) in [7, 11) is 0. The SMILES string of the molecule is O=C(O)C(F)(F)F.c1cc(CN2CCC3(CC2)COC3)cs1. The zero-order chi connectivity index (χ0) is 16.2. The third-order valence-corrected chi connectivity index (χ3v) is 4.69. The van der Waals surface area contributed by atoms with Gasteiger partial charge < -0.3 is 9.84 Å². The van der Waals surface area contributed by atoms with Crippen molar-refractivity contribution in [3.8, 4) is 0 Å². The first kappa shape index (κ1) is 17.2. The molecule has 3 rings (SSSR count). The van der Waals surface area contributed by atoms with Crippen LogP contribution in [0.15, 0.2) is 16.8 Å². The van der Waals surface area contributed by atoms with Crippen molar-refractivity contribution in [2.45, 2.75) is 25.6 Å². The van der Waals surface area contributed by atoms with Crippen LogP contribution >= 0.6 is 11.3 Å². The highest BCUT2D eigenvalue weighted by Gasteiger charge is 2.41. The van der Waals surface area contributed by atoms with Crippen LogP contribution in [0.4, 0.5) is 13.2 Å². The smallest absolute Gasteiger partial charge is 0.475 e. The van der Waals surface area contributed by atoms with Gasteiger partial charge in [-0.1, -0.05) is 0 Å². The second-order valence-electron chi connectivity index (χ2n) is 5.70. The molecule has 4 nitrogen and oxygen atoms in total. The Labute approximate surface area is 130 Å². The number of carboxylic acid groups (broad SMARTS) is 1. The molecule has 8 heteroatoms. The largest absolute Gasteiger partial charge is 0.490 e. The van der Waals surface area contributed by atoms with E-state index >= 15 is 0 Å². The number of carbonyl (C=O) groups is 1. The molecule has 0 atom stereocenters. The fourth-order valence-electron chi connectivity index (χ4n) is 2.51. The number of hydrogen-bond acceptors (Lipinski definition) is 4. The van der Waals surface area contributed by atoms with Crippen LogP contribution in [0, 0.1) is 5.41 Å². The third-order valence-electron chi connectivity index (χ3n) is 3.96. The maximum atomic E-state index is 10.6. The maximum absolute atomic E-state index is 10.6. The van der Waals surface area contributed by atoms with Gasteiger partial charge in [-0.15, -0.1) is 0 Å². The summed E-state index contributed by atoms with van der Waals surface area (Å²) in [4.78, 5) is 11.5. The average molecular weight is 337 g/mol. The van der Waals surface area contributed by atoms with Crippen molar-refractivity contribution in [2.24, 2.45) is 5.41 Å². The Hall–Kier alpha value is -1.12. The molecule has 2 aliphatic heterocycles. The number of alkyl halides is 3. The Kier molecular flexibility index (Phi) is 5.46. The molecule has 2 fully saturated rings. The number of rotatable bonds is 2. The number of thiophene rings is 1. The first-order valence-electron chi connectivity index (χ1n) is 6.92. The van der Waals surface area contributed by atoms with Gasteiger partial charge in [-0.25, -0.2) is 4.79 Å². The van der Waals surface area contributed by atoms with Crippen LogP contribution in [-0.4, -0.2) is 48.5 Å². The fourth-order valence-corrected chi connectivity index (χ4v) is 3.17. The number of ether oxygens (including phenoxy) is 1. The molecule has 1 aromatic heterocycles. The number of nitrogens with zero attached hydrogens (tertiary/aromatic N) is 1. The van der Waals surface area contributed by atoms with Crippen LogP contribution < -0.4 is 0 Å². The molecular weight excluding hydrogens is 319 g/mol. The minimum absolute atomic E-state index is 0.575. The Morgan fingerprint density at radius 1 is 1.36 bits per heavy atom. The molecule has 2 saturated heterocycles. The number of hydrogen-bond donors (Lipinski definition) is 1. The molecule has 0 saturated carbocycles. The van der Waals surface area contributed by atoms with Crippen molar-refractivity contribution < 1.29 is 27.8 Å². The first-order valence-corrected chi connectivity index (χ1v) is 7.86. The number of halogens is 3. The number of piperidine rings is 1. The van der Waals surface area contributed by atoms with Crippen molar-refractivity contribution in [3.63, 3.8) is 0 Å². The van der Waals surface area contributed by atoms with E-state index in [1.807, 2.05) is 0 Å². The van der Waals surface area contributed by atoms with Crippen LogP contribution in [0.3, 0.4) is 0 Å². The van der Waals surface area contributed by atoms with E-state index in [2.05, 4.69) is 21.7 Å². The summed E-state index contributed by atoms with van der Waals surface area (Å²) >= 11 is 1.80. The minimum Gasteiger partial charge on any atom is -0.475 e. The summed E-state index contributed by atoms with van der Waals surface area (Å²) < 4.78 is 37.1. The molecule has 1 N–H and O–H groups in total. The molecule has 22 heavy (non-hydrogen) atoms. The topological polar surface area (TPSA) is 49.8 Å². The van der Waals surface area contributed by atoms with Gasteiger partial charge in [-0.2, -0.15) is 24.5 Å². The van der Waals surface area contributed by atoms with Crippen molar-refractivity contribution in [2.75, 3.05) is 26.3 Å². The normalized spacial score (nSPS) is 20.9. The number of carboxylic acids is 1. The van der Waals surface area contributed by atoms with Crippen molar-refractivity contribution in [3.05, 3.63) is 22.4 Å². The first-order chi connectivity index (χ1) is 10.3. The quantitative estimate of drug-likeness (QED) is 0.901. The van der Waals surface area contributed by atoms with E-state index in [-0.39, 0.29) is 0 Å². The van der Waals surface area contributed by atoms with E-state index in [9.17, 15) is 13.2 Å². The zero-order valence-corrected chi connectivity index (χ0v) is 12.8. The minimum atomic E-state index is -5.08. The molecule has 1 spiro atoms. The summed E-state index contributed by atoms with van der Waals surface area (Å²) in [6.07, 6.45) is -2.42. The third kappa shape index (κ3) is 4.69. The maximum Gasteiger partial charge on any atom is 0.490 e. The molecule has 0 bridgehead atoms. The van der Waals surface area contributed by atoms with Gasteiger partial charge in [0.15, 0.2) is 0 Å². The zero-order valence-electron chi connectivity index (χ0n) is 11.9. The van der Waals surface area contributed by atoms with Gasteiger partial charge in [0.1, 0.15) is 0 Å². The lowest BCUT2D eigenvalue weighted by Gasteiger charge is -2.47. The fraction of sp³-hybridized carbons (Fsp3) is 0.643. The molecule has 0 aromatic carbocycles. The summed E-state index contributed by atoms with van der Waals surface area (Å²) in [5, 5.41) is 11.6. The summed E-state index contributed by atoms with van der Waals surface area (Å²) in [6.45, 7) is 5.66. The highest BCUT2D eigenvalue weighted by atomic mass is 32.1. The van der Waals surface area contributed by atoms with Crippen molar-refractivity contribution in [1.29, 1.82) is 0 Å². The number of likely N-dealkylation sites (tertiary alicyclic amines) is 1. The van der Waals surface area contributed by atoms with E-state index in [4.69, 9.17) is 14.6 Å². The van der Waals surface area contributed by atoms with Gasteiger partial charge in [0, 0.05) is 12.0 Å². The molecule has 124 valence electrons. The highest BCUT2D eigenvalue weighted by molar-refractivity contribution is 7.07. The van der Waals surface area contributed by atoms with Gasteiger partial charge in [-0.3, -0.25) is 4.90 Å². The van der Waals surface area contributed by atoms with Crippen molar-refractivity contribution >= 4 is 17.3 Å². The molecule has 3 heterocycles. The van der Waals surface area contributed by atoms with Crippen LogP contribution in [-0.2, 0) is 16.1 Å². The highest BCUT2D eigenvalue weighted by Crippen LogP contribution is 2.38. The average Bonchev–Trinajstić information content (AvgIpc) is 2.90. The van der Waals surface area contributed by atoms with Crippen LogP contribution in [0.5, 0.6) is 0 Å². The second-order valence-corrected chi connectivity index (χ2v) is 6.48. The van der Waals surface area contributed by atoms with E-state index in [0.717, 1.165) is 19.8 Å². The van der Waals surface area contributed by atoms with Gasteiger partial charge in [0.2, 0.25) is 0 Å². The Morgan fingerprint density at radius 3 is 2.32 bits per heavy atom. The van der Waals surface area contributed by atoms with Gasteiger partial charge in [0.05, 0.1) is 13.2 Å².